The van der Waals surface area contributed by atoms with Crippen LogP contribution >= 0.6 is 11.6 Å². The van der Waals surface area contributed by atoms with Crippen molar-refractivity contribution in [1.29, 1.82) is 0 Å². The molecule has 5 atom stereocenters. The zero-order valence-electron chi connectivity index (χ0n) is 25.8. The molecule has 1 N–H and O–H groups in total. The summed E-state index contributed by atoms with van der Waals surface area (Å²) in [6.45, 7) is 6.37. The SMILES string of the molecule is CC[C@H]1O[C@@H](c2ccc(Cl)c(Cc3ccc(CNC4CC4)cc3)c2)[C@H](OCc2ccccc2)[C@@H](OCc2ccccc2)[C@@H]1C. The molecule has 2 aliphatic rings. The van der Waals surface area contributed by atoms with Crippen molar-refractivity contribution in [1.82, 2.24) is 5.32 Å². The number of benzene rings is 4. The third-order valence-electron chi connectivity index (χ3n) is 9.01. The highest BCUT2D eigenvalue weighted by Crippen LogP contribution is 2.41. The molecule has 1 aliphatic heterocycles. The predicted octanol–water partition coefficient (Wildman–Crippen LogP) is 8.84. The van der Waals surface area contributed by atoms with Gasteiger partial charge in [0.1, 0.15) is 12.2 Å². The minimum atomic E-state index is -0.288. The molecule has 0 amide bonds. The molecule has 1 heterocycles. The lowest BCUT2D eigenvalue weighted by Gasteiger charge is -2.46. The zero-order chi connectivity index (χ0) is 30.3. The van der Waals surface area contributed by atoms with Gasteiger partial charge in [0.25, 0.3) is 0 Å². The van der Waals surface area contributed by atoms with Crippen molar-refractivity contribution in [2.45, 2.75) is 89.7 Å². The van der Waals surface area contributed by atoms with Crippen LogP contribution < -0.4 is 5.32 Å². The second kappa shape index (κ2) is 14.9. The Kier molecular flexibility index (Phi) is 10.5. The van der Waals surface area contributed by atoms with Gasteiger partial charge in [-0.1, -0.05) is 123 Å². The van der Waals surface area contributed by atoms with Gasteiger partial charge < -0.3 is 19.5 Å². The number of hydrogen-bond acceptors (Lipinski definition) is 4. The van der Waals surface area contributed by atoms with Gasteiger partial charge in [-0.2, -0.15) is 0 Å². The first-order chi connectivity index (χ1) is 21.6. The van der Waals surface area contributed by atoms with Crippen LogP contribution in [0.25, 0.3) is 0 Å². The lowest BCUT2D eigenvalue weighted by molar-refractivity contribution is -0.234. The molecule has 44 heavy (non-hydrogen) atoms. The Labute approximate surface area is 267 Å². The molecule has 1 saturated heterocycles. The number of halogens is 1. The standard InChI is InChI=1S/C39H44ClNO3/c1-3-36-27(2)37(42-25-30-10-6-4-7-11-30)39(43-26-31-12-8-5-9-13-31)38(44-36)32-18-21-35(40)33(23-32)22-28-14-16-29(17-15-28)24-41-34-19-20-34/h4-18,21,23,27,34,36-39,41H,3,19-20,22,24-26H2,1-2H3/t27-,36-,37+,38+,39-/m1/s1. The van der Waals surface area contributed by atoms with E-state index < -0.39 is 0 Å². The van der Waals surface area contributed by atoms with Crippen molar-refractivity contribution >= 4 is 11.6 Å². The van der Waals surface area contributed by atoms with Gasteiger partial charge in [-0.25, -0.2) is 0 Å². The van der Waals surface area contributed by atoms with E-state index in [-0.39, 0.29) is 30.3 Å². The molecule has 0 spiro atoms. The van der Waals surface area contributed by atoms with E-state index in [1.54, 1.807) is 0 Å². The number of ether oxygens (including phenoxy) is 3. The molecule has 230 valence electrons. The maximum atomic E-state index is 6.87. The first kappa shape index (κ1) is 31.0. The Morgan fingerprint density at radius 3 is 1.98 bits per heavy atom. The molecule has 0 unspecified atom stereocenters. The summed E-state index contributed by atoms with van der Waals surface area (Å²) in [5, 5.41) is 4.36. The first-order valence-corrected chi connectivity index (χ1v) is 16.5. The number of hydrogen-bond donors (Lipinski definition) is 1. The van der Waals surface area contributed by atoms with Crippen LogP contribution in [0.4, 0.5) is 0 Å². The summed E-state index contributed by atoms with van der Waals surface area (Å²) < 4.78 is 20.4. The lowest BCUT2D eigenvalue weighted by atomic mass is 9.84. The van der Waals surface area contributed by atoms with Gasteiger partial charge in [-0.3, -0.25) is 0 Å². The topological polar surface area (TPSA) is 39.7 Å². The van der Waals surface area contributed by atoms with Gasteiger partial charge in [0.05, 0.1) is 25.4 Å². The fourth-order valence-corrected chi connectivity index (χ4v) is 6.41. The van der Waals surface area contributed by atoms with Crippen molar-refractivity contribution in [3.05, 3.63) is 142 Å². The minimum Gasteiger partial charge on any atom is -0.370 e. The lowest BCUT2D eigenvalue weighted by Crippen LogP contribution is -2.51. The average Bonchev–Trinajstić information content (AvgIpc) is 3.90. The van der Waals surface area contributed by atoms with Gasteiger partial charge in [-0.15, -0.1) is 0 Å². The molecule has 4 aromatic carbocycles. The quantitative estimate of drug-likeness (QED) is 0.164. The summed E-state index contributed by atoms with van der Waals surface area (Å²) in [5.41, 5.74) is 7.01. The highest BCUT2D eigenvalue weighted by Gasteiger charge is 2.45. The molecule has 1 aliphatic carbocycles. The van der Waals surface area contributed by atoms with E-state index in [0.29, 0.717) is 19.3 Å². The van der Waals surface area contributed by atoms with Gasteiger partial charge in [0, 0.05) is 23.5 Å². The van der Waals surface area contributed by atoms with Crippen molar-refractivity contribution < 1.29 is 14.2 Å². The molecular formula is C39H44ClNO3. The molecule has 0 radical (unpaired) electrons. The molecule has 2 fully saturated rings. The molecule has 4 nitrogen and oxygen atoms in total. The van der Waals surface area contributed by atoms with Crippen molar-refractivity contribution in [3.63, 3.8) is 0 Å². The van der Waals surface area contributed by atoms with Gasteiger partial charge in [-0.05, 0) is 65.1 Å². The smallest absolute Gasteiger partial charge is 0.115 e. The third-order valence-corrected chi connectivity index (χ3v) is 9.38. The van der Waals surface area contributed by atoms with Crippen LogP contribution in [0.2, 0.25) is 5.02 Å². The van der Waals surface area contributed by atoms with E-state index >= 15 is 0 Å². The van der Waals surface area contributed by atoms with Crippen molar-refractivity contribution in [3.8, 4) is 0 Å². The van der Waals surface area contributed by atoms with Gasteiger partial charge in [0.15, 0.2) is 0 Å². The van der Waals surface area contributed by atoms with E-state index in [1.165, 1.54) is 24.0 Å². The predicted molar refractivity (Wildman–Crippen MR) is 178 cm³/mol. The number of nitrogens with one attached hydrogen (secondary N) is 1. The zero-order valence-corrected chi connectivity index (χ0v) is 26.6. The fraction of sp³-hybridized carbons (Fsp3) is 0.385. The maximum absolute atomic E-state index is 6.87. The Balaban J connectivity index is 1.25. The Morgan fingerprint density at radius 1 is 0.750 bits per heavy atom. The Hall–Kier alpha value is -2.99. The summed E-state index contributed by atoms with van der Waals surface area (Å²) in [4.78, 5) is 0. The summed E-state index contributed by atoms with van der Waals surface area (Å²) in [6.07, 6.45) is 3.59. The van der Waals surface area contributed by atoms with E-state index in [0.717, 1.165) is 46.7 Å². The second-order valence-corrected chi connectivity index (χ2v) is 12.8. The van der Waals surface area contributed by atoms with Crippen LogP contribution in [0.15, 0.2) is 103 Å². The van der Waals surface area contributed by atoms with Crippen LogP contribution in [0.5, 0.6) is 0 Å². The summed E-state index contributed by atoms with van der Waals surface area (Å²) in [7, 11) is 0. The van der Waals surface area contributed by atoms with E-state index in [1.807, 2.05) is 30.3 Å². The average molecular weight is 610 g/mol. The second-order valence-electron chi connectivity index (χ2n) is 12.4. The van der Waals surface area contributed by atoms with Gasteiger partial charge in [0.2, 0.25) is 0 Å². The molecule has 1 saturated carbocycles. The maximum Gasteiger partial charge on any atom is 0.115 e. The third kappa shape index (κ3) is 7.99. The highest BCUT2D eigenvalue weighted by atomic mass is 35.5. The fourth-order valence-electron chi connectivity index (χ4n) is 6.22. The first-order valence-electron chi connectivity index (χ1n) is 16.1. The van der Waals surface area contributed by atoms with Crippen LogP contribution in [-0.2, 0) is 40.4 Å². The summed E-state index contributed by atoms with van der Waals surface area (Å²) in [6, 6.07) is 36.6. The molecular weight excluding hydrogens is 566 g/mol. The summed E-state index contributed by atoms with van der Waals surface area (Å²) >= 11 is 6.80. The van der Waals surface area contributed by atoms with Crippen LogP contribution in [-0.4, -0.2) is 24.4 Å². The van der Waals surface area contributed by atoms with Gasteiger partial charge >= 0.3 is 0 Å². The van der Waals surface area contributed by atoms with Crippen molar-refractivity contribution in [2.75, 3.05) is 0 Å². The molecule has 0 bridgehead atoms. The highest BCUT2D eigenvalue weighted by molar-refractivity contribution is 6.31. The molecule has 0 aromatic heterocycles. The van der Waals surface area contributed by atoms with Crippen LogP contribution in [0.3, 0.4) is 0 Å². The monoisotopic (exact) mass is 609 g/mol. The summed E-state index contributed by atoms with van der Waals surface area (Å²) in [5.74, 6) is 0.167. The normalized spacial score (nSPS) is 23.5. The number of rotatable bonds is 13. The molecule has 5 heteroatoms. The molecule has 6 rings (SSSR count). The minimum absolute atomic E-state index is 0.0493. The Morgan fingerprint density at radius 2 is 1.36 bits per heavy atom. The largest absolute Gasteiger partial charge is 0.370 e. The molecule has 4 aromatic rings. The van der Waals surface area contributed by atoms with Crippen molar-refractivity contribution in [2.24, 2.45) is 5.92 Å². The van der Waals surface area contributed by atoms with Crippen LogP contribution in [0, 0.1) is 5.92 Å². The Bertz CT molecular complexity index is 1460. The van der Waals surface area contributed by atoms with E-state index in [9.17, 15) is 0 Å². The van der Waals surface area contributed by atoms with Crippen LogP contribution in [0.1, 0.15) is 72.6 Å². The van der Waals surface area contributed by atoms with E-state index in [4.69, 9.17) is 25.8 Å². The van der Waals surface area contributed by atoms with E-state index in [2.05, 4.69) is 92.0 Å².